The van der Waals surface area contributed by atoms with Crippen molar-refractivity contribution in [2.24, 2.45) is 0 Å². The summed E-state index contributed by atoms with van der Waals surface area (Å²) in [6.45, 7) is 0.272. The molecule has 2 aromatic rings. The molecular weight excluding hydrogens is 204 g/mol. The summed E-state index contributed by atoms with van der Waals surface area (Å²) in [7, 11) is 5.44. The van der Waals surface area contributed by atoms with Crippen LogP contribution < -0.4 is 10.3 Å². The van der Waals surface area contributed by atoms with E-state index in [0.717, 1.165) is 5.56 Å². The van der Waals surface area contributed by atoms with Gasteiger partial charge in [-0.1, -0.05) is 30.3 Å². The Morgan fingerprint density at radius 1 is 1.12 bits per heavy atom. The molecule has 0 saturated carbocycles. The van der Waals surface area contributed by atoms with Crippen LogP contribution in [0.25, 0.3) is 0 Å². The minimum absolute atomic E-state index is 0.0659. The van der Waals surface area contributed by atoms with E-state index in [-0.39, 0.29) is 18.1 Å². The molecule has 2 radical (unpaired) electrons. The minimum Gasteiger partial charge on any atom is -0.471 e. The van der Waals surface area contributed by atoms with Crippen LogP contribution in [-0.2, 0) is 6.61 Å². The Kier molecular flexibility index (Phi) is 3.20. The van der Waals surface area contributed by atoms with E-state index in [2.05, 4.69) is 4.98 Å². The highest BCUT2D eigenvalue weighted by Crippen LogP contribution is 2.12. The highest BCUT2D eigenvalue weighted by Gasteiger charge is 2.04. The smallest absolute Gasteiger partial charge is 0.250 e. The van der Waals surface area contributed by atoms with Gasteiger partial charge in [0.15, 0.2) is 5.82 Å². The van der Waals surface area contributed by atoms with E-state index in [4.69, 9.17) is 12.6 Å². The summed E-state index contributed by atoms with van der Waals surface area (Å²) in [6.07, 6.45) is 0. The maximum atomic E-state index is 13.2. The Hall–Kier alpha value is -1.84. The Bertz CT molecular complexity index is 476. The van der Waals surface area contributed by atoms with Gasteiger partial charge < -0.3 is 4.74 Å². The van der Waals surface area contributed by atoms with Crippen molar-refractivity contribution in [2.45, 2.75) is 6.61 Å². The summed E-state index contributed by atoms with van der Waals surface area (Å²) in [5.41, 5.74) is 1.19. The predicted octanol–water partition coefficient (Wildman–Crippen LogP) is 1.59. The van der Waals surface area contributed by atoms with E-state index in [1.807, 2.05) is 30.3 Å². The zero-order valence-electron chi connectivity index (χ0n) is 8.56. The van der Waals surface area contributed by atoms with Gasteiger partial charge in [-0.05, 0) is 23.3 Å². The third-order valence-corrected chi connectivity index (χ3v) is 2.05. The molecule has 16 heavy (non-hydrogen) atoms. The van der Waals surface area contributed by atoms with E-state index < -0.39 is 5.82 Å². The fraction of sp³-hybridized carbons (Fsp3) is 0.0833. The first-order valence-electron chi connectivity index (χ1n) is 4.84. The van der Waals surface area contributed by atoms with E-state index in [1.54, 1.807) is 0 Å². The average Bonchev–Trinajstić information content (AvgIpc) is 2.32. The topological polar surface area (TPSA) is 22.1 Å². The molecule has 0 N–H and O–H groups in total. The quantitative estimate of drug-likeness (QED) is 0.722. The number of benzene rings is 1. The lowest BCUT2D eigenvalue weighted by atomic mass is 10.0. The van der Waals surface area contributed by atoms with Crippen molar-refractivity contribution >= 4 is 13.4 Å². The van der Waals surface area contributed by atoms with Crippen LogP contribution in [0.15, 0.2) is 42.5 Å². The van der Waals surface area contributed by atoms with Crippen LogP contribution in [0.3, 0.4) is 0 Å². The van der Waals surface area contributed by atoms with Crippen LogP contribution >= 0.6 is 0 Å². The van der Waals surface area contributed by atoms with Gasteiger partial charge in [0.25, 0.3) is 0 Å². The minimum atomic E-state index is -0.509. The maximum absolute atomic E-state index is 13.2. The molecule has 0 fully saturated rings. The fourth-order valence-electron chi connectivity index (χ4n) is 1.26. The summed E-state index contributed by atoms with van der Waals surface area (Å²) < 4.78 is 18.5. The molecule has 1 aromatic heterocycles. The van der Waals surface area contributed by atoms with Gasteiger partial charge in [-0.3, -0.25) is 0 Å². The zero-order valence-corrected chi connectivity index (χ0v) is 8.56. The maximum Gasteiger partial charge on any atom is 0.250 e. The Morgan fingerprint density at radius 3 is 2.62 bits per heavy atom. The molecule has 1 heterocycles. The largest absolute Gasteiger partial charge is 0.471 e. The van der Waals surface area contributed by atoms with Crippen LogP contribution in [0.1, 0.15) is 5.56 Å². The van der Waals surface area contributed by atoms with E-state index >= 15 is 0 Å². The molecule has 2 rings (SSSR count). The SMILES string of the molecule is [B]c1ccc(F)c(OCc2ccccc2)n1. The lowest BCUT2D eigenvalue weighted by Gasteiger charge is -2.06. The van der Waals surface area contributed by atoms with Gasteiger partial charge in [-0.15, -0.1) is 0 Å². The number of hydrogen-bond donors (Lipinski definition) is 0. The Labute approximate surface area is 94.5 Å². The van der Waals surface area contributed by atoms with Crippen molar-refractivity contribution in [3.8, 4) is 5.88 Å². The summed E-state index contributed by atoms with van der Waals surface area (Å²) in [5, 5.41) is 0. The van der Waals surface area contributed by atoms with Gasteiger partial charge in [0, 0.05) is 0 Å². The van der Waals surface area contributed by atoms with Gasteiger partial charge in [0.05, 0.1) is 0 Å². The molecule has 2 nitrogen and oxygen atoms in total. The summed E-state index contributed by atoms with van der Waals surface area (Å²) in [5.74, 6) is -0.575. The first-order valence-corrected chi connectivity index (χ1v) is 4.84. The first kappa shape index (κ1) is 10.7. The van der Waals surface area contributed by atoms with Crippen LogP contribution in [0.5, 0.6) is 5.88 Å². The molecule has 1 aromatic carbocycles. The monoisotopic (exact) mass is 213 g/mol. The van der Waals surface area contributed by atoms with Gasteiger partial charge >= 0.3 is 0 Å². The highest BCUT2D eigenvalue weighted by atomic mass is 19.1. The number of hydrogen-bond acceptors (Lipinski definition) is 2. The van der Waals surface area contributed by atoms with Crippen molar-refractivity contribution in [1.29, 1.82) is 0 Å². The van der Waals surface area contributed by atoms with Gasteiger partial charge in [-0.2, -0.15) is 0 Å². The molecule has 0 atom stereocenters. The van der Waals surface area contributed by atoms with Crippen molar-refractivity contribution in [2.75, 3.05) is 0 Å². The second-order valence-corrected chi connectivity index (χ2v) is 3.30. The molecule has 0 amide bonds. The van der Waals surface area contributed by atoms with E-state index in [0.29, 0.717) is 0 Å². The second kappa shape index (κ2) is 4.79. The predicted molar refractivity (Wildman–Crippen MR) is 60.4 cm³/mol. The Balaban J connectivity index is 2.08. The zero-order chi connectivity index (χ0) is 11.4. The second-order valence-electron chi connectivity index (χ2n) is 3.30. The van der Waals surface area contributed by atoms with E-state index in [9.17, 15) is 4.39 Å². The molecule has 78 valence electrons. The molecule has 0 aliphatic rings. The van der Waals surface area contributed by atoms with Crippen molar-refractivity contribution in [3.63, 3.8) is 0 Å². The average molecular weight is 213 g/mol. The van der Waals surface area contributed by atoms with Crippen molar-refractivity contribution in [3.05, 3.63) is 53.8 Å². The third kappa shape index (κ3) is 2.60. The number of ether oxygens (including phenoxy) is 1. The lowest BCUT2D eigenvalue weighted by Crippen LogP contribution is -2.11. The number of pyridine rings is 1. The van der Waals surface area contributed by atoms with Gasteiger partial charge in [-0.25, -0.2) is 9.37 Å². The van der Waals surface area contributed by atoms with Gasteiger partial charge in [0.2, 0.25) is 5.88 Å². The molecule has 0 unspecified atom stereocenters. The molecule has 4 heteroatoms. The highest BCUT2D eigenvalue weighted by molar-refractivity contribution is 6.30. The molecule has 0 spiro atoms. The molecule has 0 bridgehead atoms. The molecular formula is C12H9BFNO. The third-order valence-electron chi connectivity index (χ3n) is 2.05. The summed E-state index contributed by atoms with van der Waals surface area (Å²) >= 11 is 0. The van der Waals surface area contributed by atoms with Crippen molar-refractivity contribution in [1.82, 2.24) is 4.98 Å². The van der Waals surface area contributed by atoms with Gasteiger partial charge in [0.1, 0.15) is 14.5 Å². The summed E-state index contributed by atoms with van der Waals surface area (Å²) in [4.78, 5) is 3.77. The van der Waals surface area contributed by atoms with Crippen LogP contribution in [0, 0.1) is 5.82 Å². The number of halogens is 1. The van der Waals surface area contributed by atoms with E-state index in [1.165, 1.54) is 12.1 Å². The molecule has 0 saturated heterocycles. The summed E-state index contributed by atoms with van der Waals surface area (Å²) in [6, 6.07) is 12.1. The normalized spacial score (nSPS) is 10.1. The lowest BCUT2D eigenvalue weighted by molar-refractivity contribution is 0.278. The Morgan fingerprint density at radius 2 is 1.88 bits per heavy atom. The number of aromatic nitrogens is 1. The molecule has 0 aliphatic carbocycles. The van der Waals surface area contributed by atoms with Crippen LogP contribution in [-0.4, -0.2) is 12.8 Å². The molecule has 0 aliphatic heterocycles. The van der Waals surface area contributed by atoms with Crippen LogP contribution in [0.2, 0.25) is 0 Å². The standard InChI is InChI=1S/C12H9BFNO/c13-11-7-6-10(14)12(15-11)16-8-9-4-2-1-3-5-9/h1-7H,8H2. The fourth-order valence-corrected chi connectivity index (χ4v) is 1.26. The van der Waals surface area contributed by atoms with Crippen molar-refractivity contribution < 1.29 is 9.13 Å². The first-order chi connectivity index (χ1) is 7.75. The number of rotatable bonds is 3. The van der Waals surface area contributed by atoms with Crippen LogP contribution in [0.4, 0.5) is 4.39 Å². The number of nitrogens with zero attached hydrogens (tertiary/aromatic N) is 1.